The van der Waals surface area contributed by atoms with Crippen molar-refractivity contribution in [3.8, 4) is 5.75 Å². The lowest BCUT2D eigenvalue weighted by molar-refractivity contribution is -0.128. The smallest absolute Gasteiger partial charge is 0.252 e. The van der Waals surface area contributed by atoms with Crippen LogP contribution in [0.1, 0.15) is 30.0 Å². The maximum absolute atomic E-state index is 14.1. The van der Waals surface area contributed by atoms with Crippen LogP contribution < -0.4 is 10.1 Å². The number of ether oxygens (including phenoxy) is 2. The molecule has 1 amide bonds. The van der Waals surface area contributed by atoms with Crippen LogP contribution in [0.15, 0.2) is 124 Å². The minimum Gasteiger partial charge on any atom is -0.494 e. The molecule has 0 spiro atoms. The van der Waals surface area contributed by atoms with Crippen LogP contribution in [0.3, 0.4) is 0 Å². The monoisotopic (exact) mass is 566 g/mol. The molecule has 4 aromatic rings. The molecule has 0 aromatic heterocycles. The number of carbonyl (C=O) groups is 1. The van der Waals surface area contributed by atoms with E-state index in [1.807, 2.05) is 97.9 Å². The maximum Gasteiger partial charge on any atom is 0.252 e. The summed E-state index contributed by atoms with van der Waals surface area (Å²) in [6.45, 7) is 2.81. The third-order valence-corrected chi connectivity index (χ3v) is 8.15. The molecule has 6 nitrogen and oxygen atoms in total. The lowest BCUT2D eigenvalue weighted by Gasteiger charge is -2.28. The van der Waals surface area contributed by atoms with Gasteiger partial charge < -0.3 is 19.9 Å². The van der Waals surface area contributed by atoms with Crippen LogP contribution in [0.2, 0.25) is 0 Å². The van der Waals surface area contributed by atoms with Crippen LogP contribution in [-0.4, -0.2) is 41.8 Å². The zero-order chi connectivity index (χ0) is 28.5. The van der Waals surface area contributed by atoms with Crippen molar-refractivity contribution in [2.75, 3.05) is 13.2 Å². The number of benzene rings is 4. The van der Waals surface area contributed by atoms with Gasteiger partial charge in [-0.15, -0.1) is 0 Å². The molecule has 2 N–H and O–H groups in total. The van der Waals surface area contributed by atoms with E-state index in [2.05, 4.69) is 23.5 Å². The topological polar surface area (TPSA) is 80.2 Å². The number of hydrogen-bond donors (Lipinski definition) is 2. The molecule has 0 bridgehead atoms. The van der Waals surface area contributed by atoms with Gasteiger partial charge in [0.05, 0.1) is 6.61 Å². The number of aliphatic hydroxyl groups is 1. The van der Waals surface area contributed by atoms with E-state index in [4.69, 9.17) is 19.6 Å². The largest absolute Gasteiger partial charge is 0.494 e. The van der Waals surface area contributed by atoms with E-state index >= 15 is 0 Å². The van der Waals surface area contributed by atoms with Gasteiger partial charge in [0.15, 0.2) is 5.54 Å². The molecule has 41 heavy (non-hydrogen) atoms. The van der Waals surface area contributed by atoms with E-state index in [0.717, 1.165) is 26.5 Å². The summed E-state index contributed by atoms with van der Waals surface area (Å²) in [7, 11) is 0. The quantitative estimate of drug-likeness (QED) is 0.204. The molecular weight excluding hydrogens is 532 g/mol. The first-order valence-electron chi connectivity index (χ1n) is 13.8. The van der Waals surface area contributed by atoms with Crippen molar-refractivity contribution in [1.82, 2.24) is 5.32 Å². The number of nitrogens with one attached hydrogen (secondary N) is 1. The van der Waals surface area contributed by atoms with E-state index in [1.165, 1.54) is 0 Å². The third kappa shape index (κ3) is 6.99. The van der Waals surface area contributed by atoms with Gasteiger partial charge in [-0.05, 0) is 60.5 Å². The second-order valence-corrected chi connectivity index (χ2v) is 11.0. The Hall–Kier alpha value is -4.07. The summed E-state index contributed by atoms with van der Waals surface area (Å²) in [5.41, 5.74) is 1.70. The lowest BCUT2D eigenvalue weighted by Crippen LogP contribution is -2.52. The fourth-order valence-electron chi connectivity index (χ4n) is 4.74. The zero-order valence-electron chi connectivity index (χ0n) is 23.0. The summed E-state index contributed by atoms with van der Waals surface area (Å²) in [4.78, 5) is 21.3. The van der Waals surface area contributed by atoms with Crippen molar-refractivity contribution < 1.29 is 19.4 Å². The third-order valence-electron chi connectivity index (χ3n) is 7.03. The van der Waals surface area contributed by atoms with Crippen LogP contribution in [-0.2, 0) is 22.5 Å². The molecular formula is C34H34N2O4S. The first-order valence-corrected chi connectivity index (χ1v) is 14.6. The Bertz CT molecular complexity index is 1460. The number of aliphatic imine (C=N–C) groups is 1. The van der Waals surface area contributed by atoms with Gasteiger partial charge in [0.2, 0.25) is 5.90 Å². The first-order chi connectivity index (χ1) is 20.1. The van der Waals surface area contributed by atoms with Crippen molar-refractivity contribution >= 4 is 23.6 Å². The molecule has 0 aliphatic carbocycles. The van der Waals surface area contributed by atoms with E-state index in [9.17, 15) is 4.79 Å². The molecule has 0 radical (unpaired) electrons. The van der Waals surface area contributed by atoms with Gasteiger partial charge in [-0.2, -0.15) is 0 Å². The molecule has 210 valence electrons. The fraction of sp³-hybridized carbons (Fsp3) is 0.235. The second-order valence-electron chi connectivity index (χ2n) is 9.92. The molecule has 1 aliphatic heterocycles. The van der Waals surface area contributed by atoms with Gasteiger partial charge in [0.1, 0.15) is 11.9 Å². The minimum absolute atomic E-state index is 0.0869. The average molecular weight is 567 g/mol. The standard InChI is InChI=1S/C34H34N2O4S/c1-25-34(23-26-11-4-2-5-12-26,36-32(40-25)27-17-19-29(20-18-27)39-22-10-21-37)33(38)35-24-28-13-8-9-16-31(28)41-30-14-6-3-7-15-30/h2-9,11-20,25,37H,10,21-24H2,1H3,(H,35,38)/t25-,34-/m1/s1. The minimum atomic E-state index is -1.13. The molecule has 4 aromatic carbocycles. The average Bonchev–Trinajstić information content (AvgIpc) is 3.34. The Balaban J connectivity index is 1.38. The van der Waals surface area contributed by atoms with Crippen LogP contribution in [0.5, 0.6) is 5.75 Å². The van der Waals surface area contributed by atoms with E-state index in [1.54, 1.807) is 11.8 Å². The van der Waals surface area contributed by atoms with Crippen molar-refractivity contribution in [2.24, 2.45) is 4.99 Å². The van der Waals surface area contributed by atoms with Crippen molar-refractivity contribution in [1.29, 1.82) is 0 Å². The summed E-state index contributed by atoms with van der Waals surface area (Å²) in [5, 5.41) is 12.2. The zero-order valence-corrected chi connectivity index (χ0v) is 23.8. The normalized spacial score (nSPS) is 17.9. The molecule has 5 rings (SSSR count). The second kappa shape index (κ2) is 13.5. The lowest BCUT2D eigenvalue weighted by atomic mass is 9.86. The number of hydrogen-bond acceptors (Lipinski definition) is 6. The highest BCUT2D eigenvalue weighted by atomic mass is 32.2. The van der Waals surface area contributed by atoms with Crippen LogP contribution in [0.4, 0.5) is 0 Å². The summed E-state index contributed by atoms with van der Waals surface area (Å²) in [5.74, 6) is 0.965. The van der Waals surface area contributed by atoms with Gasteiger partial charge in [-0.3, -0.25) is 4.79 Å². The number of aliphatic hydroxyl groups excluding tert-OH is 1. The predicted molar refractivity (Wildman–Crippen MR) is 162 cm³/mol. The Kier molecular flexibility index (Phi) is 9.39. The first kappa shape index (κ1) is 28.5. The Labute approximate surface area is 245 Å². The summed E-state index contributed by atoms with van der Waals surface area (Å²) in [6, 6.07) is 35.7. The molecule has 0 saturated heterocycles. The van der Waals surface area contributed by atoms with E-state index in [-0.39, 0.29) is 12.5 Å². The van der Waals surface area contributed by atoms with E-state index in [0.29, 0.717) is 37.6 Å². The number of carbonyl (C=O) groups excluding carboxylic acids is 1. The van der Waals surface area contributed by atoms with Crippen molar-refractivity contribution in [2.45, 2.75) is 47.7 Å². The number of amides is 1. The SMILES string of the molecule is C[C@H]1OC(c2ccc(OCCCO)cc2)=N[C@@]1(Cc1ccccc1)C(=O)NCc1ccccc1Sc1ccccc1. The maximum atomic E-state index is 14.1. The van der Waals surface area contributed by atoms with Gasteiger partial charge in [-0.1, -0.05) is 78.5 Å². The Morgan fingerprint density at radius 2 is 1.63 bits per heavy atom. The van der Waals surface area contributed by atoms with Gasteiger partial charge in [-0.25, -0.2) is 4.99 Å². The molecule has 1 heterocycles. The van der Waals surface area contributed by atoms with Gasteiger partial charge in [0.25, 0.3) is 5.91 Å². The highest BCUT2D eigenvalue weighted by Gasteiger charge is 2.50. The molecule has 7 heteroatoms. The van der Waals surface area contributed by atoms with Crippen LogP contribution >= 0.6 is 11.8 Å². The molecule has 0 saturated carbocycles. The van der Waals surface area contributed by atoms with Gasteiger partial charge in [0, 0.05) is 41.3 Å². The van der Waals surface area contributed by atoms with Crippen LogP contribution in [0, 0.1) is 0 Å². The molecule has 0 unspecified atom stereocenters. The van der Waals surface area contributed by atoms with Crippen molar-refractivity contribution in [3.63, 3.8) is 0 Å². The van der Waals surface area contributed by atoms with Crippen molar-refractivity contribution in [3.05, 3.63) is 126 Å². The Morgan fingerprint density at radius 3 is 2.37 bits per heavy atom. The van der Waals surface area contributed by atoms with Gasteiger partial charge >= 0.3 is 0 Å². The van der Waals surface area contributed by atoms with E-state index < -0.39 is 11.6 Å². The number of rotatable bonds is 12. The molecule has 0 fully saturated rings. The summed E-state index contributed by atoms with van der Waals surface area (Å²) < 4.78 is 11.9. The molecule has 2 atom stereocenters. The number of nitrogens with zero attached hydrogens (tertiary/aromatic N) is 1. The fourth-order valence-corrected chi connectivity index (χ4v) is 5.71. The summed E-state index contributed by atoms with van der Waals surface area (Å²) in [6.07, 6.45) is 0.501. The summed E-state index contributed by atoms with van der Waals surface area (Å²) >= 11 is 1.68. The highest BCUT2D eigenvalue weighted by Crippen LogP contribution is 2.34. The van der Waals surface area contributed by atoms with Crippen LogP contribution in [0.25, 0.3) is 0 Å². The predicted octanol–water partition coefficient (Wildman–Crippen LogP) is 6.06. The highest BCUT2D eigenvalue weighted by molar-refractivity contribution is 7.99. The Morgan fingerprint density at radius 1 is 0.951 bits per heavy atom. The molecule has 1 aliphatic rings.